The van der Waals surface area contributed by atoms with E-state index in [0.29, 0.717) is 5.56 Å². The molecule has 0 saturated carbocycles. The van der Waals surface area contributed by atoms with Crippen LogP contribution in [0.2, 0.25) is 0 Å². The van der Waals surface area contributed by atoms with Gasteiger partial charge in [-0.2, -0.15) is 0 Å². The largest absolute Gasteiger partial charge is 0.465 e. The maximum atomic E-state index is 11.4. The SMILES string of the molecule is COC(=O)c1ccc(-c2ncc(CNc3ccccc3)s2)cc1. The van der Waals surface area contributed by atoms with Crippen LogP contribution < -0.4 is 5.32 Å². The van der Waals surface area contributed by atoms with Crippen LogP contribution in [0.15, 0.2) is 60.8 Å². The van der Waals surface area contributed by atoms with Crippen molar-refractivity contribution < 1.29 is 9.53 Å². The third kappa shape index (κ3) is 3.76. The lowest BCUT2D eigenvalue weighted by molar-refractivity contribution is 0.0601. The molecule has 0 fully saturated rings. The number of carbonyl (C=O) groups excluding carboxylic acids is 1. The molecule has 23 heavy (non-hydrogen) atoms. The number of ether oxygens (including phenoxy) is 1. The maximum absolute atomic E-state index is 11.4. The molecule has 4 nitrogen and oxygen atoms in total. The van der Waals surface area contributed by atoms with Crippen molar-refractivity contribution in [1.82, 2.24) is 4.98 Å². The van der Waals surface area contributed by atoms with Gasteiger partial charge in [-0.05, 0) is 24.3 Å². The van der Waals surface area contributed by atoms with E-state index in [-0.39, 0.29) is 5.97 Å². The summed E-state index contributed by atoms with van der Waals surface area (Å²) in [4.78, 5) is 17.1. The summed E-state index contributed by atoms with van der Waals surface area (Å²) in [6, 6.07) is 17.4. The van der Waals surface area contributed by atoms with Crippen molar-refractivity contribution in [3.63, 3.8) is 0 Å². The third-order valence-electron chi connectivity index (χ3n) is 3.35. The van der Waals surface area contributed by atoms with Gasteiger partial charge in [0.15, 0.2) is 0 Å². The molecule has 1 N–H and O–H groups in total. The average molecular weight is 324 g/mol. The highest BCUT2D eigenvalue weighted by atomic mass is 32.1. The van der Waals surface area contributed by atoms with E-state index in [1.165, 1.54) is 7.11 Å². The average Bonchev–Trinajstić information content (AvgIpc) is 3.09. The van der Waals surface area contributed by atoms with Crippen LogP contribution in [0, 0.1) is 0 Å². The zero-order valence-electron chi connectivity index (χ0n) is 12.7. The molecule has 0 aliphatic carbocycles. The van der Waals surface area contributed by atoms with E-state index in [4.69, 9.17) is 4.74 Å². The fourth-order valence-electron chi connectivity index (χ4n) is 2.13. The molecule has 1 aromatic heterocycles. The zero-order chi connectivity index (χ0) is 16.1. The molecule has 0 spiro atoms. The summed E-state index contributed by atoms with van der Waals surface area (Å²) in [7, 11) is 1.38. The number of para-hydroxylation sites is 1. The molecule has 3 aromatic rings. The van der Waals surface area contributed by atoms with Gasteiger partial charge in [0.25, 0.3) is 0 Å². The molecule has 0 aliphatic heterocycles. The van der Waals surface area contributed by atoms with Gasteiger partial charge in [-0.25, -0.2) is 9.78 Å². The number of aromatic nitrogens is 1. The van der Waals surface area contributed by atoms with Crippen molar-refractivity contribution in [2.24, 2.45) is 0 Å². The van der Waals surface area contributed by atoms with Gasteiger partial charge in [0.05, 0.1) is 19.2 Å². The minimum Gasteiger partial charge on any atom is -0.465 e. The molecule has 5 heteroatoms. The molecular formula is C18H16N2O2S. The molecule has 1 heterocycles. The van der Waals surface area contributed by atoms with E-state index < -0.39 is 0 Å². The summed E-state index contributed by atoms with van der Waals surface area (Å²) >= 11 is 1.64. The van der Waals surface area contributed by atoms with Crippen LogP contribution in [-0.4, -0.2) is 18.1 Å². The van der Waals surface area contributed by atoms with Crippen molar-refractivity contribution in [2.45, 2.75) is 6.54 Å². The fourth-order valence-corrected chi connectivity index (χ4v) is 2.99. The Morgan fingerprint density at radius 3 is 2.57 bits per heavy atom. The molecule has 116 valence electrons. The van der Waals surface area contributed by atoms with Gasteiger partial charge in [-0.3, -0.25) is 0 Å². The summed E-state index contributed by atoms with van der Waals surface area (Å²) < 4.78 is 4.70. The second-order valence-corrected chi connectivity index (χ2v) is 6.04. The Hall–Kier alpha value is -2.66. The van der Waals surface area contributed by atoms with Crippen LogP contribution >= 0.6 is 11.3 Å². The first-order valence-corrected chi connectivity index (χ1v) is 8.00. The number of benzene rings is 2. The summed E-state index contributed by atoms with van der Waals surface area (Å²) in [6.07, 6.45) is 1.88. The fraction of sp³-hybridized carbons (Fsp3) is 0.111. The number of nitrogens with zero attached hydrogens (tertiary/aromatic N) is 1. The predicted molar refractivity (Wildman–Crippen MR) is 92.7 cm³/mol. The van der Waals surface area contributed by atoms with Crippen LogP contribution in [0.5, 0.6) is 0 Å². The zero-order valence-corrected chi connectivity index (χ0v) is 13.5. The lowest BCUT2D eigenvalue weighted by Crippen LogP contribution is -2.00. The van der Waals surface area contributed by atoms with E-state index in [2.05, 4.69) is 10.3 Å². The van der Waals surface area contributed by atoms with E-state index in [0.717, 1.165) is 27.7 Å². The molecule has 0 atom stereocenters. The normalized spacial score (nSPS) is 10.3. The van der Waals surface area contributed by atoms with Crippen LogP contribution in [0.1, 0.15) is 15.2 Å². The van der Waals surface area contributed by atoms with Gasteiger partial charge in [0.1, 0.15) is 5.01 Å². The Morgan fingerprint density at radius 2 is 1.87 bits per heavy atom. The number of hydrogen-bond donors (Lipinski definition) is 1. The van der Waals surface area contributed by atoms with Gasteiger partial charge in [0.2, 0.25) is 0 Å². The number of carbonyl (C=O) groups is 1. The Balaban J connectivity index is 1.68. The Bertz CT molecular complexity index is 782. The minimum atomic E-state index is -0.330. The first kappa shape index (κ1) is 15.2. The van der Waals surface area contributed by atoms with E-state index in [1.54, 1.807) is 23.5 Å². The Morgan fingerprint density at radius 1 is 1.13 bits per heavy atom. The Labute approximate surface area is 138 Å². The molecule has 0 bridgehead atoms. The molecule has 0 aliphatic rings. The topological polar surface area (TPSA) is 51.2 Å². The summed E-state index contributed by atoms with van der Waals surface area (Å²) in [5.41, 5.74) is 2.62. The third-order valence-corrected chi connectivity index (χ3v) is 4.39. The number of thiazole rings is 1. The molecular weight excluding hydrogens is 308 g/mol. The lowest BCUT2D eigenvalue weighted by Gasteiger charge is -2.03. The molecule has 3 rings (SSSR count). The second kappa shape index (κ2) is 7.07. The first-order valence-electron chi connectivity index (χ1n) is 7.18. The van der Waals surface area contributed by atoms with Crippen molar-refractivity contribution in [2.75, 3.05) is 12.4 Å². The molecule has 0 radical (unpaired) electrons. The Kier molecular flexibility index (Phi) is 4.68. The van der Waals surface area contributed by atoms with Crippen LogP contribution in [-0.2, 0) is 11.3 Å². The molecule has 0 amide bonds. The van der Waals surface area contributed by atoms with Crippen molar-refractivity contribution in [1.29, 1.82) is 0 Å². The maximum Gasteiger partial charge on any atom is 0.337 e. The lowest BCUT2D eigenvalue weighted by atomic mass is 10.1. The van der Waals surface area contributed by atoms with Gasteiger partial charge in [0, 0.05) is 22.3 Å². The van der Waals surface area contributed by atoms with Crippen LogP contribution in [0.4, 0.5) is 5.69 Å². The monoisotopic (exact) mass is 324 g/mol. The summed E-state index contributed by atoms with van der Waals surface area (Å²) in [5.74, 6) is -0.330. The van der Waals surface area contributed by atoms with Gasteiger partial charge >= 0.3 is 5.97 Å². The van der Waals surface area contributed by atoms with E-state index in [1.807, 2.05) is 48.7 Å². The number of nitrogens with one attached hydrogen (secondary N) is 1. The number of anilines is 1. The summed E-state index contributed by atoms with van der Waals surface area (Å²) in [5, 5.41) is 4.30. The van der Waals surface area contributed by atoms with Gasteiger partial charge < -0.3 is 10.1 Å². The summed E-state index contributed by atoms with van der Waals surface area (Å²) in [6.45, 7) is 0.738. The van der Waals surface area contributed by atoms with Crippen LogP contribution in [0.25, 0.3) is 10.6 Å². The number of rotatable bonds is 5. The quantitative estimate of drug-likeness (QED) is 0.714. The van der Waals surface area contributed by atoms with Crippen molar-refractivity contribution >= 4 is 23.0 Å². The minimum absolute atomic E-state index is 0.330. The van der Waals surface area contributed by atoms with Gasteiger partial charge in [-0.1, -0.05) is 30.3 Å². The standard InChI is InChI=1S/C18H16N2O2S/c1-22-18(21)14-9-7-13(8-10-14)17-20-12-16(23-17)11-19-15-5-3-2-4-6-15/h2-10,12,19H,11H2,1H3. The van der Waals surface area contributed by atoms with Crippen LogP contribution in [0.3, 0.4) is 0 Å². The second-order valence-electron chi connectivity index (χ2n) is 4.92. The highest BCUT2D eigenvalue weighted by molar-refractivity contribution is 7.15. The molecule has 2 aromatic carbocycles. The highest BCUT2D eigenvalue weighted by Crippen LogP contribution is 2.26. The van der Waals surface area contributed by atoms with E-state index in [9.17, 15) is 4.79 Å². The molecule has 0 saturated heterocycles. The van der Waals surface area contributed by atoms with Crippen molar-refractivity contribution in [3.05, 3.63) is 71.2 Å². The highest BCUT2D eigenvalue weighted by Gasteiger charge is 2.08. The molecule has 0 unspecified atom stereocenters. The first-order chi connectivity index (χ1) is 11.3. The van der Waals surface area contributed by atoms with E-state index >= 15 is 0 Å². The number of hydrogen-bond acceptors (Lipinski definition) is 5. The smallest absolute Gasteiger partial charge is 0.337 e. The number of esters is 1. The van der Waals surface area contributed by atoms with Gasteiger partial charge in [-0.15, -0.1) is 11.3 Å². The van der Waals surface area contributed by atoms with Crippen molar-refractivity contribution in [3.8, 4) is 10.6 Å². The predicted octanol–water partition coefficient (Wildman–Crippen LogP) is 4.21. The number of methoxy groups -OCH3 is 1.